The fourth-order valence-corrected chi connectivity index (χ4v) is 3.03. The van der Waals surface area contributed by atoms with Crippen molar-refractivity contribution in [3.8, 4) is 0 Å². The standard InChI is InChI=1S/C15H30N2/c1-3-4-14-7-9-17(10-8-14)12-13(2)11-16-15-5-6-15/h13-16H,3-12H2,1-2H3. The first-order valence-electron chi connectivity index (χ1n) is 7.73. The summed E-state index contributed by atoms with van der Waals surface area (Å²) in [6, 6.07) is 0.868. The van der Waals surface area contributed by atoms with Gasteiger partial charge in [-0.25, -0.2) is 0 Å². The summed E-state index contributed by atoms with van der Waals surface area (Å²) < 4.78 is 0. The normalized spacial score (nSPS) is 25.1. The Bertz CT molecular complexity index is 205. The molecule has 1 aliphatic heterocycles. The molecule has 1 aliphatic carbocycles. The molecule has 0 aromatic carbocycles. The van der Waals surface area contributed by atoms with Crippen molar-refractivity contribution in [1.82, 2.24) is 10.2 Å². The third-order valence-corrected chi connectivity index (χ3v) is 4.31. The van der Waals surface area contributed by atoms with Crippen LogP contribution in [0.3, 0.4) is 0 Å². The summed E-state index contributed by atoms with van der Waals surface area (Å²) in [5, 5.41) is 3.65. The van der Waals surface area contributed by atoms with Gasteiger partial charge in [-0.05, 0) is 57.2 Å². The second-order valence-corrected chi connectivity index (χ2v) is 6.32. The van der Waals surface area contributed by atoms with Gasteiger partial charge in [-0.2, -0.15) is 0 Å². The molecule has 1 saturated carbocycles. The van der Waals surface area contributed by atoms with E-state index in [1.807, 2.05) is 0 Å². The summed E-state index contributed by atoms with van der Waals surface area (Å²) in [6.07, 6.45) is 8.52. The fourth-order valence-electron chi connectivity index (χ4n) is 3.03. The van der Waals surface area contributed by atoms with Crippen molar-refractivity contribution in [2.45, 2.75) is 58.4 Å². The monoisotopic (exact) mass is 238 g/mol. The van der Waals surface area contributed by atoms with Crippen molar-refractivity contribution in [1.29, 1.82) is 0 Å². The average molecular weight is 238 g/mol. The molecule has 0 amide bonds. The SMILES string of the molecule is CCCC1CCN(CC(C)CNC2CC2)CC1. The van der Waals surface area contributed by atoms with E-state index in [1.165, 1.54) is 64.7 Å². The molecule has 0 aromatic heterocycles. The fraction of sp³-hybridized carbons (Fsp3) is 1.00. The molecular formula is C15H30N2. The predicted octanol–water partition coefficient (Wildman–Crippen LogP) is 2.89. The number of nitrogens with zero attached hydrogens (tertiary/aromatic N) is 1. The highest BCUT2D eigenvalue weighted by Crippen LogP contribution is 2.22. The van der Waals surface area contributed by atoms with E-state index in [9.17, 15) is 0 Å². The predicted molar refractivity (Wildman–Crippen MR) is 74.3 cm³/mol. The summed E-state index contributed by atoms with van der Waals surface area (Å²) in [6.45, 7) is 9.93. The Hall–Kier alpha value is -0.0800. The van der Waals surface area contributed by atoms with Crippen molar-refractivity contribution in [3.05, 3.63) is 0 Å². The summed E-state index contributed by atoms with van der Waals surface area (Å²) in [5.74, 6) is 1.84. The van der Waals surface area contributed by atoms with E-state index in [-0.39, 0.29) is 0 Å². The highest BCUT2D eigenvalue weighted by atomic mass is 15.1. The Morgan fingerprint density at radius 1 is 1.18 bits per heavy atom. The van der Waals surface area contributed by atoms with Gasteiger partial charge in [0.2, 0.25) is 0 Å². The van der Waals surface area contributed by atoms with Crippen LogP contribution < -0.4 is 5.32 Å². The molecule has 100 valence electrons. The summed E-state index contributed by atoms with van der Waals surface area (Å²) >= 11 is 0. The maximum absolute atomic E-state index is 3.65. The van der Waals surface area contributed by atoms with E-state index >= 15 is 0 Å². The van der Waals surface area contributed by atoms with Gasteiger partial charge in [-0.3, -0.25) is 0 Å². The molecule has 0 spiro atoms. The number of rotatable bonds is 7. The van der Waals surface area contributed by atoms with Crippen LogP contribution >= 0.6 is 0 Å². The first kappa shape index (κ1) is 13.4. The van der Waals surface area contributed by atoms with E-state index < -0.39 is 0 Å². The number of hydrogen-bond acceptors (Lipinski definition) is 2. The van der Waals surface area contributed by atoms with Crippen LogP contribution in [0.2, 0.25) is 0 Å². The molecule has 0 radical (unpaired) electrons. The minimum atomic E-state index is 0.818. The Labute approximate surface area is 107 Å². The minimum absolute atomic E-state index is 0.818. The number of hydrogen-bond donors (Lipinski definition) is 1. The second-order valence-electron chi connectivity index (χ2n) is 6.32. The lowest BCUT2D eigenvalue weighted by Gasteiger charge is -2.33. The first-order chi connectivity index (χ1) is 8.28. The lowest BCUT2D eigenvalue weighted by molar-refractivity contribution is 0.158. The number of nitrogens with one attached hydrogen (secondary N) is 1. The molecule has 1 saturated heterocycles. The molecule has 2 aliphatic rings. The van der Waals surface area contributed by atoms with Gasteiger partial charge >= 0.3 is 0 Å². The van der Waals surface area contributed by atoms with Crippen LogP contribution in [-0.2, 0) is 0 Å². The Morgan fingerprint density at radius 2 is 1.88 bits per heavy atom. The average Bonchev–Trinajstić information content (AvgIpc) is 3.13. The highest BCUT2D eigenvalue weighted by molar-refractivity contribution is 4.82. The molecule has 0 bridgehead atoms. The van der Waals surface area contributed by atoms with Gasteiger partial charge in [0, 0.05) is 12.6 Å². The minimum Gasteiger partial charge on any atom is -0.314 e. The lowest BCUT2D eigenvalue weighted by atomic mass is 9.92. The topological polar surface area (TPSA) is 15.3 Å². The lowest BCUT2D eigenvalue weighted by Crippen LogP contribution is -2.39. The first-order valence-corrected chi connectivity index (χ1v) is 7.73. The van der Waals surface area contributed by atoms with Crippen LogP contribution in [0.5, 0.6) is 0 Å². The third kappa shape index (κ3) is 4.97. The summed E-state index contributed by atoms with van der Waals surface area (Å²) in [5.41, 5.74) is 0. The van der Waals surface area contributed by atoms with E-state index in [4.69, 9.17) is 0 Å². The van der Waals surface area contributed by atoms with Crippen LogP contribution in [0, 0.1) is 11.8 Å². The molecule has 1 atom stereocenters. The van der Waals surface area contributed by atoms with Crippen LogP contribution in [0.1, 0.15) is 52.4 Å². The van der Waals surface area contributed by atoms with Crippen molar-refractivity contribution in [3.63, 3.8) is 0 Å². The van der Waals surface area contributed by atoms with E-state index in [0.717, 1.165) is 17.9 Å². The number of likely N-dealkylation sites (tertiary alicyclic amines) is 1. The molecule has 1 unspecified atom stereocenters. The van der Waals surface area contributed by atoms with E-state index in [1.54, 1.807) is 0 Å². The Kier molecular flexibility index (Phi) is 5.30. The van der Waals surface area contributed by atoms with E-state index in [2.05, 4.69) is 24.1 Å². The van der Waals surface area contributed by atoms with Gasteiger partial charge in [0.05, 0.1) is 0 Å². The van der Waals surface area contributed by atoms with Gasteiger partial charge < -0.3 is 10.2 Å². The van der Waals surface area contributed by atoms with Crippen LogP contribution in [0.25, 0.3) is 0 Å². The zero-order valence-corrected chi connectivity index (χ0v) is 11.8. The molecule has 1 N–H and O–H groups in total. The molecule has 2 heteroatoms. The molecule has 2 fully saturated rings. The van der Waals surface area contributed by atoms with Crippen LogP contribution in [0.15, 0.2) is 0 Å². The van der Waals surface area contributed by atoms with Gasteiger partial charge in [0.25, 0.3) is 0 Å². The Balaban J connectivity index is 1.56. The van der Waals surface area contributed by atoms with Crippen LogP contribution in [-0.4, -0.2) is 37.1 Å². The third-order valence-electron chi connectivity index (χ3n) is 4.31. The maximum atomic E-state index is 3.65. The van der Waals surface area contributed by atoms with Gasteiger partial charge in [-0.1, -0.05) is 26.7 Å². The van der Waals surface area contributed by atoms with Crippen molar-refractivity contribution in [2.75, 3.05) is 26.2 Å². The smallest absolute Gasteiger partial charge is 0.00683 e. The van der Waals surface area contributed by atoms with E-state index in [0.29, 0.717) is 0 Å². The molecule has 2 rings (SSSR count). The Morgan fingerprint density at radius 3 is 2.47 bits per heavy atom. The van der Waals surface area contributed by atoms with Gasteiger partial charge in [0.15, 0.2) is 0 Å². The number of piperidine rings is 1. The van der Waals surface area contributed by atoms with Crippen molar-refractivity contribution in [2.24, 2.45) is 11.8 Å². The second kappa shape index (κ2) is 6.75. The zero-order valence-electron chi connectivity index (χ0n) is 11.8. The maximum Gasteiger partial charge on any atom is 0.00683 e. The molecule has 1 heterocycles. The molecular weight excluding hydrogens is 208 g/mol. The summed E-state index contributed by atoms with van der Waals surface area (Å²) in [4.78, 5) is 2.69. The summed E-state index contributed by atoms with van der Waals surface area (Å²) in [7, 11) is 0. The van der Waals surface area contributed by atoms with Crippen molar-refractivity contribution >= 4 is 0 Å². The van der Waals surface area contributed by atoms with Gasteiger partial charge in [0.1, 0.15) is 0 Å². The molecule has 17 heavy (non-hydrogen) atoms. The van der Waals surface area contributed by atoms with Crippen molar-refractivity contribution < 1.29 is 0 Å². The quantitative estimate of drug-likeness (QED) is 0.733. The molecule has 0 aromatic rings. The largest absolute Gasteiger partial charge is 0.314 e. The van der Waals surface area contributed by atoms with Gasteiger partial charge in [-0.15, -0.1) is 0 Å². The molecule has 2 nitrogen and oxygen atoms in total. The van der Waals surface area contributed by atoms with Crippen LogP contribution in [0.4, 0.5) is 0 Å². The zero-order chi connectivity index (χ0) is 12.1. The highest BCUT2D eigenvalue weighted by Gasteiger charge is 2.23.